The molecular formula is C13H22N2O5S. The molecule has 0 aromatic heterocycles. The SMILES string of the molecule is COC(=O)CC[C@@H](NC(=O)N1CCSC(C)(C)C1)C(=O)O. The van der Waals surface area contributed by atoms with E-state index in [9.17, 15) is 14.4 Å². The van der Waals surface area contributed by atoms with E-state index in [2.05, 4.69) is 10.1 Å². The number of rotatable bonds is 5. The number of carbonyl (C=O) groups is 3. The Morgan fingerprint density at radius 3 is 2.62 bits per heavy atom. The van der Waals surface area contributed by atoms with Gasteiger partial charge in [0.1, 0.15) is 6.04 Å². The van der Waals surface area contributed by atoms with E-state index in [-0.39, 0.29) is 17.6 Å². The van der Waals surface area contributed by atoms with Gasteiger partial charge in [-0.1, -0.05) is 0 Å². The monoisotopic (exact) mass is 318 g/mol. The van der Waals surface area contributed by atoms with Crippen molar-refractivity contribution in [1.82, 2.24) is 10.2 Å². The molecule has 1 rings (SSSR count). The summed E-state index contributed by atoms with van der Waals surface area (Å²) in [6, 6.07) is -1.49. The third-order valence-electron chi connectivity index (χ3n) is 3.17. The van der Waals surface area contributed by atoms with Crippen LogP contribution in [0, 0.1) is 0 Å². The van der Waals surface area contributed by atoms with E-state index in [0.29, 0.717) is 13.1 Å². The molecule has 0 aliphatic carbocycles. The standard InChI is InChI=1S/C13H22N2O5S/c1-13(2)8-15(6-7-21-13)12(19)14-9(11(17)18)4-5-10(16)20-3/h9H,4-8H2,1-3H3,(H,14,19)(H,17,18)/t9-/m1/s1. The normalized spacial score (nSPS) is 18.7. The summed E-state index contributed by atoms with van der Waals surface area (Å²) in [4.78, 5) is 36.0. The van der Waals surface area contributed by atoms with Crippen molar-refractivity contribution in [3.8, 4) is 0 Å². The van der Waals surface area contributed by atoms with E-state index in [4.69, 9.17) is 5.11 Å². The maximum Gasteiger partial charge on any atom is 0.326 e. The van der Waals surface area contributed by atoms with Gasteiger partial charge in [-0.05, 0) is 20.3 Å². The molecule has 0 saturated carbocycles. The highest BCUT2D eigenvalue weighted by molar-refractivity contribution is 8.00. The number of thioether (sulfide) groups is 1. The summed E-state index contributed by atoms with van der Waals surface area (Å²) in [5, 5.41) is 11.6. The van der Waals surface area contributed by atoms with Gasteiger partial charge in [-0.15, -0.1) is 0 Å². The Morgan fingerprint density at radius 1 is 1.43 bits per heavy atom. The molecule has 0 unspecified atom stereocenters. The summed E-state index contributed by atoms with van der Waals surface area (Å²) in [6.07, 6.45) is -0.0329. The van der Waals surface area contributed by atoms with Gasteiger partial charge in [0, 0.05) is 30.0 Å². The summed E-state index contributed by atoms with van der Waals surface area (Å²) in [5.41, 5.74) is 0. The van der Waals surface area contributed by atoms with Crippen LogP contribution in [0.4, 0.5) is 4.79 Å². The molecule has 2 amide bonds. The molecule has 21 heavy (non-hydrogen) atoms. The Hall–Kier alpha value is -1.44. The van der Waals surface area contributed by atoms with Crippen molar-refractivity contribution < 1.29 is 24.2 Å². The van der Waals surface area contributed by atoms with Crippen molar-refractivity contribution in [2.24, 2.45) is 0 Å². The van der Waals surface area contributed by atoms with Crippen LogP contribution in [0.5, 0.6) is 0 Å². The number of ether oxygens (including phenoxy) is 1. The summed E-state index contributed by atoms with van der Waals surface area (Å²) >= 11 is 1.78. The second kappa shape index (κ2) is 7.53. The Bertz CT molecular complexity index is 413. The average Bonchev–Trinajstić information content (AvgIpc) is 2.41. The second-order valence-electron chi connectivity index (χ2n) is 5.48. The minimum Gasteiger partial charge on any atom is -0.480 e. The highest BCUT2D eigenvalue weighted by Gasteiger charge is 2.31. The van der Waals surface area contributed by atoms with Crippen LogP contribution in [0.1, 0.15) is 26.7 Å². The molecule has 1 aliphatic heterocycles. The molecule has 0 spiro atoms. The summed E-state index contributed by atoms with van der Waals surface area (Å²) in [7, 11) is 1.24. The van der Waals surface area contributed by atoms with Crippen LogP contribution in [-0.2, 0) is 14.3 Å². The number of carboxylic acids is 1. The largest absolute Gasteiger partial charge is 0.480 e. The second-order valence-corrected chi connectivity index (χ2v) is 7.29. The summed E-state index contributed by atoms with van der Waals surface area (Å²) in [5.74, 6) is -0.829. The zero-order chi connectivity index (χ0) is 16.0. The topological polar surface area (TPSA) is 95.9 Å². The highest BCUT2D eigenvalue weighted by atomic mass is 32.2. The van der Waals surface area contributed by atoms with Crippen LogP contribution in [0.3, 0.4) is 0 Å². The first-order valence-electron chi connectivity index (χ1n) is 6.74. The molecule has 0 aromatic rings. The van der Waals surface area contributed by atoms with Crippen LogP contribution in [0.2, 0.25) is 0 Å². The number of urea groups is 1. The minimum atomic E-state index is -1.15. The Balaban J connectivity index is 2.56. The first-order chi connectivity index (χ1) is 9.75. The number of carbonyl (C=O) groups excluding carboxylic acids is 2. The molecule has 0 aromatic carbocycles. The molecular weight excluding hydrogens is 296 g/mol. The van der Waals surface area contributed by atoms with Crippen molar-refractivity contribution in [1.29, 1.82) is 0 Å². The first kappa shape index (κ1) is 17.6. The van der Waals surface area contributed by atoms with Gasteiger partial charge in [0.15, 0.2) is 0 Å². The third kappa shape index (κ3) is 5.82. The molecule has 1 fully saturated rings. The van der Waals surface area contributed by atoms with Crippen molar-refractivity contribution in [3.05, 3.63) is 0 Å². The van der Waals surface area contributed by atoms with E-state index >= 15 is 0 Å². The number of aliphatic carboxylic acids is 1. The minimum absolute atomic E-state index is 0.0136. The molecule has 7 nitrogen and oxygen atoms in total. The molecule has 0 radical (unpaired) electrons. The lowest BCUT2D eigenvalue weighted by Crippen LogP contribution is -2.53. The molecule has 8 heteroatoms. The molecule has 2 N–H and O–H groups in total. The van der Waals surface area contributed by atoms with Gasteiger partial charge < -0.3 is 20.1 Å². The lowest BCUT2D eigenvalue weighted by molar-refractivity contribution is -0.142. The number of nitrogens with zero attached hydrogens (tertiary/aromatic N) is 1. The predicted octanol–water partition coefficient (Wildman–Crippen LogP) is 0.930. The Kier molecular flexibility index (Phi) is 6.32. The number of nitrogens with one attached hydrogen (secondary N) is 1. The maximum absolute atomic E-state index is 12.1. The van der Waals surface area contributed by atoms with Crippen molar-refractivity contribution >= 4 is 29.7 Å². The fraction of sp³-hybridized carbons (Fsp3) is 0.769. The van der Waals surface area contributed by atoms with E-state index in [0.717, 1.165) is 5.75 Å². The van der Waals surface area contributed by atoms with Crippen LogP contribution in [0.25, 0.3) is 0 Å². The number of methoxy groups -OCH3 is 1. The van der Waals surface area contributed by atoms with Crippen molar-refractivity contribution in [2.45, 2.75) is 37.5 Å². The van der Waals surface area contributed by atoms with Gasteiger partial charge in [-0.25, -0.2) is 9.59 Å². The lowest BCUT2D eigenvalue weighted by atomic mass is 10.1. The molecule has 1 heterocycles. The zero-order valence-corrected chi connectivity index (χ0v) is 13.4. The third-order valence-corrected chi connectivity index (χ3v) is 4.47. The van der Waals surface area contributed by atoms with E-state index in [1.165, 1.54) is 7.11 Å². The van der Waals surface area contributed by atoms with Gasteiger partial charge in [0.05, 0.1) is 7.11 Å². The summed E-state index contributed by atoms with van der Waals surface area (Å²) < 4.78 is 4.43. The maximum atomic E-state index is 12.1. The zero-order valence-electron chi connectivity index (χ0n) is 12.5. The van der Waals surface area contributed by atoms with Gasteiger partial charge in [-0.2, -0.15) is 11.8 Å². The van der Waals surface area contributed by atoms with Gasteiger partial charge >= 0.3 is 18.0 Å². The quantitative estimate of drug-likeness (QED) is 0.732. The van der Waals surface area contributed by atoms with Crippen molar-refractivity contribution in [3.63, 3.8) is 0 Å². The number of hydrogen-bond acceptors (Lipinski definition) is 5. The fourth-order valence-corrected chi connectivity index (χ4v) is 3.16. The number of amides is 2. The van der Waals surface area contributed by atoms with Crippen LogP contribution < -0.4 is 5.32 Å². The smallest absolute Gasteiger partial charge is 0.326 e. The number of esters is 1. The van der Waals surface area contributed by atoms with Crippen LogP contribution >= 0.6 is 11.8 Å². The number of carboxylic acid groups (broad SMARTS) is 1. The van der Waals surface area contributed by atoms with E-state index < -0.39 is 24.0 Å². The van der Waals surface area contributed by atoms with E-state index in [1.54, 1.807) is 16.7 Å². The van der Waals surface area contributed by atoms with Gasteiger partial charge in [0.2, 0.25) is 0 Å². The molecule has 120 valence electrons. The molecule has 0 bridgehead atoms. The lowest BCUT2D eigenvalue weighted by Gasteiger charge is -2.37. The highest BCUT2D eigenvalue weighted by Crippen LogP contribution is 2.29. The average molecular weight is 318 g/mol. The van der Waals surface area contributed by atoms with Crippen LogP contribution in [-0.4, -0.2) is 64.7 Å². The predicted molar refractivity (Wildman–Crippen MR) is 79.3 cm³/mol. The first-order valence-corrected chi connectivity index (χ1v) is 7.73. The van der Waals surface area contributed by atoms with Crippen molar-refractivity contribution in [2.75, 3.05) is 26.0 Å². The van der Waals surface area contributed by atoms with Gasteiger partial charge in [-0.3, -0.25) is 4.79 Å². The summed E-state index contributed by atoms with van der Waals surface area (Å²) in [6.45, 7) is 5.24. The Morgan fingerprint density at radius 2 is 2.10 bits per heavy atom. The molecule has 1 saturated heterocycles. The molecule has 1 atom stereocenters. The fourth-order valence-electron chi connectivity index (χ4n) is 2.05. The molecule has 1 aliphatic rings. The van der Waals surface area contributed by atoms with E-state index in [1.807, 2.05) is 13.8 Å². The number of hydrogen-bond donors (Lipinski definition) is 2. The Labute approximate surface area is 128 Å². The van der Waals surface area contributed by atoms with Crippen LogP contribution in [0.15, 0.2) is 0 Å². The van der Waals surface area contributed by atoms with Gasteiger partial charge in [0.25, 0.3) is 0 Å².